The minimum Gasteiger partial charge on any atom is -0.477 e. The second-order valence-corrected chi connectivity index (χ2v) is 16.1. The number of hydrogen-bond donors (Lipinski definition) is 8. The van der Waals surface area contributed by atoms with Gasteiger partial charge >= 0.3 is 5.97 Å². The molecule has 8 atom stereocenters. The van der Waals surface area contributed by atoms with Gasteiger partial charge in [-0.05, 0) is 31.1 Å². The lowest BCUT2D eigenvalue weighted by molar-refractivity contribution is -0.348. The quantitative estimate of drug-likeness (QED) is 0.0317. The minimum absolute atomic E-state index is 0.222. The molecule has 1 rings (SSSR count). The van der Waals surface area contributed by atoms with Crippen molar-refractivity contribution < 1.29 is 49.7 Å². The molecular weight excluding hydrogens is 680 g/mol. The van der Waals surface area contributed by atoms with Crippen LogP contribution in [0.5, 0.6) is 0 Å². The molecule has 312 valence electrons. The second-order valence-electron chi connectivity index (χ2n) is 16.1. The molecule has 9 N–H and O–H groups in total. The molecule has 1 aliphatic heterocycles. The number of aliphatic hydroxyl groups is 5. The molecule has 1 aliphatic rings. The summed E-state index contributed by atoms with van der Waals surface area (Å²) < 4.78 is 11.0. The number of aliphatic hydroxyl groups excluding tert-OH is 5. The molecule has 1 heterocycles. The standard InChI is InChI=1S/C41H78N2O10/c1-30(2)24-20-16-12-9-7-5-6-8-10-14-18-22-26-33(44)32(29-52-41(40(50)51)38(48)37(47)36(46)35(28-42)53-41)43-39(49)34(45)27-23-19-15-11-13-17-21-25-31(3)4/h22,26,30-38,44-48H,5-21,23-25,27-29,42H2,1-4H3,(H,43,49)(H,50,51). The van der Waals surface area contributed by atoms with Crippen LogP contribution in [0.1, 0.15) is 163 Å². The molecule has 0 aliphatic carbocycles. The summed E-state index contributed by atoms with van der Waals surface area (Å²) in [6, 6.07) is -1.24. The van der Waals surface area contributed by atoms with Gasteiger partial charge in [-0.3, -0.25) is 4.79 Å². The second kappa shape index (κ2) is 28.7. The van der Waals surface area contributed by atoms with E-state index in [-0.39, 0.29) is 13.0 Å². The lowest BCUT2D eigenvalue weighted by atomic mass is 9.92. The number of aliphatic carboxylic acids is 1. The summed E-state index contributed by atoms with van der Waals surface area (Å²) in [5.41, 5.74) is 5.61. The van der Waals surface area contributed by atoms with Crippen molar-refractivity contribution in [1.29, 1.82) is 0 Å². The first-order chi connectivity index (χ1) is 25.3. The largest absolute Gasteiger partial charge is 0.477 e. The van der Waals surface area contributed by atoms with Crippen molar-refractivity contribution >= 4 is 11.9 Å². The van der Waals surface area contributed by atoms with E-state index >= 15 is 0 Å². The Hall–Kier alpha value is -1.64. The van der Waals surface area contributed by atoms with Gasteiger partial charge in [0.15, 0.2) is 0 Å². The first-order valence-electron chi connectivity index (χ1n) is 20.9. The highest BCUT2D eigenvalue weighted by molar-refractivity contribution is 5.81. The lowest BCUT2D eigenvalue weighted by Crippen LogP contribution is -2.70. The topological polar surface area (TPSA) is 212 Å². The van der Waals surface area contributed by atoms with Gasteiger partial charge in [0.05, 0.1) is 18.8 Å². The third-order valence-corrected chi connectivity index (χ3v) is 10.3. The fraction of sp³-hybridized carbons (Fsp3) is 0.902. The van der Waals surface area contributed by atoms with E-state index in [1.165, 1.54) is 83.1 Å². The number of nitrogens with one attached hydrogen (secondary N) is 1. The van der Waals surface area contributed by atoms with Crippen LogP contribution >= 0.6 is 0 Å². The number of nitrogens with two attached hydrogens (primary N) is 1. The number of amides is 1. The first-order valence-corrected chi connectivity index (χ1v) is 20.9. The molecule has 1 fully saturated rings. The number of allylic oxidation sites excluding steroid dienone is 1. The zero-order valence-corrected chi connectivity index (χ0v) is 33.5. The van der Waals surface area contributed by atoms with Crippen LogP contribution in [0.2, 0.25) is 0 Å². The van der Waals surface area contributed by atoms with E-state index in [4.69, 9.17) is 15.2 Å². The Balaban J connectivity index is 2.70. The molecule has 0 aromatic heterocycles. The number of carbonyl (C=O) groups excluding carboxylic acids is 1. The SMILES string of the molecule is CC(C)CCCCCCCCCCCCC=CC(O)C(COC1(C(=O)O)OC(CN)C(O)C(O)C1O)NC(=O)C(O)CCCCCCCCCC(C)C. The van der Waals surface area contributed by atoms with Gasteiger partial charge in [-0.25, -0.2) is 4.79 Å². The van der Waals surface area contributed by atoms with E-state index in [1.807, 2.05) is 0 Å². The number of rotatable bonds is 32. The van der Waals surface area contributed by atoms with Crippen molar-refractivity contribution in [1.82, 2.24) is 5.32 Å². The average molecular weight is 759 g/mol. The summed E-state index contributed by atoms with van der Waals surface area (Å²) in [5.74, 6) is -3.87. The zero-order valence-electron chi connectivity index (χ0n) is 33.5. The summed E-state index contributed by atoms with van der Waals surface area (Å²) >= 11 is 0. The van der Waals surface area contributed by atoms with Gasteiger partial charge in [-0.15, -0.1) is 0 Å². The van der Waals surface area contributed by atoms with Crippen molar-refractivity contribution in [2.75, 3.05) is 13.2 Å². The van der Waals surface area contributed by atoms with E-state index in [2.05, 4.69) is 33.0 Å². The van der Waals surface area contributed by atoms with E-state index in [0.29, 0.717) is 12.8 Å². The third-order valence-electron chi connectivity index (χ3n) is 10.3. The van der Waals surface area contributed by atoms with Crippen LogP contribution < -0.4 is 11.1 Å². The van der Waals surface area contributed by atoms with Crippen molar-refractivity contribution in [3.05, 3.63) is 12.2 Å². The molecule has 0 radical (unpaired) electrons. The summed E-state index contributed by atoms with van der Waals surface area (Å²) in [7, 11) is 0. The fourth-order valence-corrected chi connectivity index (χ4v) is 6.76. The van der Waals surface area contributed by atoms with Crippen molar-refractivity contribution in [3.63, 3.8) is 0 Å². The molecule has 0 aromatic carbocycles. The Labute approximate surface area is 320 Å². The summed E-state index contributed by atoms with van der Waals surface area (Å²) in [6.07, 6.45) is 16.2. The average Bonchev–Trinajstić information content (AvgIpc) is 3.11. The number of ether oxygens (including phenoxy) is 2. The fourth-order valence-electron chi connectivity index (χ4n) is 6.76. The van der Waals surface area contributed by atoms with Gasteiger partial charge in [-0.2, -0.15) is 0 Å². The zero-order chi connectivity index (χ0) is 39.6. The molecule has 12 nitrogen and oxygen atoms in total. The maximum Gasteiger partial charge on any atom is 0.367 e. The molecule has 0 saturated carbocycles. The number of carboxylic acid groups (broad SMARTS) is 1. The predicted octanol–water partition coefficient (Wildman–Crippen LogP) is 5.49. The van der Waals surface area contributed by atoms with Crippen LogP contribution in [0.25, 0.3) is 0 Å². The highest BCUT2D eigenvalue weighted by atomic mass is 16.7. The molecule has 1 amide bonds. The monoisotopic (exact) mass is 759 g/mol. The maximum absolute atomic E-state index is 13.0. The van der Waals surface area contributed by atoms with Gasteiger partial charge in [0.1, 0.15) is 30.5 Å². The number of carbonyl (C=O) groups is 2. The summed E-state index contributed by atoms with van der Waals surface area (Å²) in [6.45, 7) is 7.96. The Kier molecular flexibility index (Phi) is 26.8. The smallest absolute Gasteiger partial charge is 0.367 e. The maximum atomic E-state index is 13.0. The lowest BCUT2D eigenvalue weighted by Gasteiger charge is -2.46. The van der Waals surface area contributed by atoms with Crippen LogP contribution in [0.4, 0.5) is 0 Å². The Morgan fingerprint density at radius 1 is 0.736 bits per heavy atom. The van der Waals surface area contributed by atoms with E-state index in [9.17, 15) is 40.2 Å². The van der Waals surface area contributed by atoms with Crippen molar-refractivity contribution in [2.45, 2.75) is 211 Å². The van der Waals surface area contributed by atoms with Gasteiger partial charge in [0.2, 0.25) is 5.91 Å². The number of carboxylic acids is 1. The predicted molar refractivity (Wildman–Crippen MR) is 208 cm³/mol. The normalized spacial score (nSPS) is 23.8. The van der Waals surface area contributed by atoms with Crippen molar-refractivity contribution in [2.24, 2.45) is 17.6 Å². The van der Waals surface area contributed by atoms with Gasteiger partial charge in [-0.1, -0.05) is 155 Å². The van der Waals surface area contributed by atoms with Crippen LogP contribution in [-0.2, 0) is 19.1 Å². The van der Waals surface area contributed by atoms with Gasteiger partial charge < -0.3 is 51.2 Å². The Morgan fingerprint density at radius 2 is 1.19 bits per heavy atom. The molecule has 1 saturated heterocycles. The van der Waals surface area contributed by atoms with Crippen LogP contribution in [0.15, 0.2) is 12.2 Å². The van der Waals surface area contributed by atoms with E-state index < -0.39 is 66.9 Å². The van der Waals surface area contributed by atoms with Gasteiger partial charge in [0, 0.05) is 6.54 Å². The summed E-state index contributed by atoms with van der Waals surface area (Å²) in [5, 5.41) is 65.6. The molecule has 0 bridgehead atoms. The van der Waals surface area contributed by atoms with E-state index in [0.717, 1.165) is 50.4 Å². The van der Waals surface area contributed by atoms with Crippen LogP contribution in [-0.4, -0.2) is 104 Å². The molecule has 0 spiro atoms. The Morgan fingerprint density at radius 3 is 1.64 bits per heavy atom. The highest BCUT2D eigenvalue weighted by Gasteiger charge is 2.59. The molecule has 53 heavy (non-hydrogen) atoms. The summed E-state index contributed by atoms with van der Waals surface area (Å²) in [4.78, 5) is 25.4. The third kappa shape index (κ3) is 20.2. The number of hydrogen-bond acceptors (Lipinski definition) is 10. The Bertz CT molecular complexity index is 980. The van der Waals surface area contributed by atoms with Crippen LogP contribution in [0.3, 0.4) is 0 Å². The van der Waals surface area contributed by atoms with Crippen LogP contribution in [0, 0.1) is 11.8 Å². The van der Waals surface area contributed by atoms with Crippen molar-refractivity contribution in [3.8, 4) is 0 Å². The van der Waals surface area contributed by atoms with Gasteiger partial charge in [0.25, 0.3) is 5.79 Å². The molecule has 12 heteroatoms. The molecular formula is C41H78N2O10. The first kappa shape index (κ1) is 49.4. The molecule has 8 unspecified atom stereocenters. The highest BCUT2D eigenvalue weighted by Crippen LogP contribution is 2.32. The minimum atomic E-state index is -2.84. The molecule has 0 aromatic rings. The number of unbranched alkanes of at least 4 members (excludes halogenated alkanes) is 16. The van der Waals surface area contributed by atoms with E-state index in [1.54, 1.807) is 6.08 Å².